The maximum atomic E-state index is 12.6. The summed E-state index contributed by atoms with van der Waals surface area (Å²) in [5.41, 5.74) is 7.61. The van der Waals surface area contributed by atoms with Crippen LogP contribution in [0.5, 0.6) is 5.75 Å². The molecular formula is C21H15ClN4O3. The lowest BCUT2D eigenvalue weighted by atomic mass is 10.0. The molecule has 0 radical (unpaired) electrons. The lowest BCUT2D eigenvalue weighted by Gasteiger charge is -2.15. The number of primary amides is 1. The average molecular weight is 407 g/mol. The van der Waals surface area contributed by atoms with Gasteiger partial charge in [-0.15, -0.1) is 0 Å². The molecule has 0 bridgehead atoms. The van der Waals surface area contributed by atoms with Crippen LogP contribution in [-0.4, -0.2) is 23.9 Å². The van der Waals surface area contributed by atoms with Crippen LogP contribution in [0.4, 0.5) is 5.69 Å². The Labute approximate surface area is 171 Å². The molecule has 1 aromatic heterocycles. The van der Waals surface area contributed by atoms with Crippen LogP contribution in [0, 0.1) is 11.3 Å². The first kappa shape index (κ1) is 19.9. The number of anilines is 1. The molecule has 2 amide bonds. The zero-order valence-electron chi connectivity index (χ0n) is 15.3. The van der Waals surface area contributed by atoms with Crippen LogP contribution in [-0.2, 0) is 0 Å². The second-order valence-corrected chi connectivity index (χ2v) is 6.40. The zero-order chi connectivity index (χ0) is 21.0. The van der Waals surface area contributed by atoms with E-state index < -0.39 is 11.8 Å². The van der Waals surface area contributed by atoms with E-state index in [4.69, 9.17) is 27.3 Å². The third kappa shape index (κ3) is 4.34. The first-order valence-corrected chi connectivity index (χ1v) is 8.76. The number of carbonyl (C=O) groups excluding carboxylic acids is 2. The third-order valence-corrected chi connectivity index (χ3v) is 4.36. The van der Waals surface area contributed by atoms with Crippen molar-refractivity contribution in [3.63, 3.8) is 0 Å². The van der Waals surface area contributed by atoms with Gasteiger partial charge in [-0.3, -0.25) is 14.6 Å². The molecule has 0 aliphatic rings. The molecule has 0 aliphatic heterocycles. The fourth-order valence-electron chi connectivity index (χ4n) is 2.68. The first-order chi connectivity index (χ1) is 13.9. The number of aromatic nitrogens is 1. The van der Waals surface area contributed by atoms with Crippen molar-refractivity contribution in [2.45, 2.75) is 0 Å². The highest BCUT2D eigenvalue weighted by molar-refractivity contribution is 6.30. The topological polar surface area (TPSA) is 118 Å². The van der Waals surface area contributed by atoms with Crippen molar-refractivity contribution in [2.24, 2.45) is 5.73 Å². The van der Waals surface area contributed by atoms with Gasteiger partial charge in [0.05, 0.1) is 40.7 Å². The molecule has 0 fully saturated rings. The molecule has 8 heteroatoms. The van der Waals surface area contributed by atoms with Crippen LogP contribution in [0.1, 0.15) is 26.3 Å². The number of nitriles is 1. The van der Waals surface area contributed by atoms with E-state index in [0.717, 1.165) is 0 Å². The van der Waals surface area contributed by atoms with Gasteiger partial charge in [0.1, 0.15) is 5.75 Å². The van der Waals surface area contributed by atoms with Gasteiger partial charge in [0, 0.05) is 17.3 Å². The van der Waals surface area contributed by atoms with Gasteiger partial charge < -0.3 is 15.8 Å². The summed E-state index contributed by atoms with van der Waals surface area (Å²) in [6, 6.07) is 14.4. The summed E-state index contributed by atoms with van der Waals surface area (Å²) in [6.07, 6.45) is 1.48. The Balaban J connectivity index is 2.04. The summed E-state index contributed by atoms with van der Waals surface area (Å²) in [5, 5.41) is 12.0. The predicted octanol–water partition coefficient (Wildman–Crippen LogP) is 3.63. The number of hydrogen-bond donors (Lipinski definition) is 2. The summed E-state index contributed by atoms with van der Waals surface area (Å²) in [6.45, 7) is 0. The molecule has 3 rings (SSSR count). The maximum Gasteiger partial charge on any atom is 0.255 e. The molecule has 0 aliphatic carbocycles. The summed E-state index contributed by atoms with van der Waals surface area (Å²) < 4.78 is 5.37. The van der Waals surface area contributed by atoms with Crippen LogP contribution < -0.4 is 15.8 Å². The first-order valence-electron chi connectivity index (χ1n) is 8.38. The fraction of sp³-hybridized carbons (Fsp3) is 0.0476. The highest BCUT2D eigenvalue weighted by atomic mass is 35.5. The molecule has 0 unspecified atom stereocenters. The Morgan fingerprint density at radius 1 is 1.17 bits per heavy atom. The Bertz CT molecular complexity index is 1120. The molecule has 7 nitrogen and oxygen atoms in total. The smallest absolute Gasteiger partial charge is 0.255 e. The summed E-state index contributed by atoms with van der Waals surface area (Å²) in [5.74, 6) is -0.823. The van der Waals surface area contributed by atoms with E-state index in [-0.39, 0.29) is 11.3 Å². The van der Waals surface area contributed by atoms with Crippen LogP contribution in [0.2, 0.25) is 5.02 Å². The van der Waals surface area contributed by atoms with Crippen molar-refractivity contribution in [2.75, 3.05) is 12.4 Å². The molecule has 0 saturated carbocycles. The lowest BCUT2D eigenvalue weighted by Crippen LogP contribution is -2.18. The summed E-state index contributed by atoms with van der Waals surface area (Å²) in [4.78, 5) is 28.8. The van der Waals surface area contributed by atoms with Crippen molar-refractivity contribution >= 4 is 29.1 Å². The Morgan fingerprint density at radius 2 is 1.90 bits per heavy atom. The minimum atomic E-state index is -0.728. The normalized spacial score (nSPS) is 10.1. The van der Waals surface area contributed by atoms with Gasteiger partial charge in [-0.05, 0) is 48.5 Å². The maximum absolute atomic E-state index is 12.6. The average Bonchev–Trinajstić information content (AvgIpc) is 2.73. The van der Waals surface area contributed by atoms with Gasteiger partial charge in [0.2, 0.25) is 0 Å². The molecule has 1 heterocycles. The fourth-order valence-corrected chi connectivity index (χ4v) is 2.79. The van der Waals surface area contributed by atoms with E-state index in [1.165, 1.54) is 43.6 Å². The predicted molar refractivity (Wildman–Crippen MR) is 109 cm³/mol. The van der Waals surface area contributed by atoms with E-state index >= 15 is 0 Å². The van der Waals surface area contributed by atoms with Gasteiger partial charge in [0.25, 0.3) is 11.8 Å². The SMILES string of the molecule is COc1cc(C(N)=O)c(NC(=O)c2ccc(C#N)cc2)cc1-c1ccc(Cl)cn1. The highest BCUT2D eigenvalue weighted by Gasteiger charge is 2.18. The largest absolute Gasteiger partial charge is 0.496 e. The van der Waals surface area contributed by atoms with E-state index in [2.05, 4.69) is 10.3 Å². The van der Waals surface area contributed by atoms with Crippen molar-refractivity contribution in [3.05, 3.63) is 76.4 Å². The Hall–Kier alpha value is -3.89. The Kier molecular flexibility index (Phi) is 5.77. The second-order valence-electron chi connectivity index (χ2n) is 5.97. The minimum absolute atomic E-state index is 0.0848. The highest BCUT2D eigenvalue weighted by Crippen LogP contribution is 2.34. The minimum Gasteiger partial charge on any atom is -0.496 e. The van der Waals surface area contributed by atoms with Crippen molar-refractivity contribution in [3.8, 4) is 23.1 Å². The van der Waals surface area contributed by atoms with Gasteiger partial charge in [-0.2, -0.15) is 5.26 Å². The number of halogens is 1. The number of rotatable bonds is 5. The van der Waals surface area contributed by atoms with Crippen molar-refractivity contribution in [1.29, 1.82) is 5.26 Å². The second kappa shape index (κ2) is 8.42. The van der Waals surface area contributed by atoms with Crippen LogP contribution >= 0.6 is 11.6 Å². The van der Waals surface area contributed by atoms with Gasteiger partial charge >= 0.3 is 0 Å². The van der Waals surface area contributed by atoms with Crippen LogP contribution in [0.25, 0.3) is 11.3 Å². The number of nitrogens with two attached hydrogens (primary N) is 1. The number of carbonyl (C=O) groups is 2. The molecule has 2 aromatic carbocycles. The number of hydrogen-bond acceptors (Lipinski definition) is 5. The number of amides is 2. The monoisotopic (exact) mass is 406 g/mol. The molecule has 0 saturated heterocycles. The number of methoxy groups -OCH3 is 1. The number of ether oxygens (including phenoxy) is 1. The summed E-state index contributed by atoms with van der Waals surface area (Å²) in [7, 11) is 1.45. The quantitative estimate of drug-likeness (QED) is 0.670. The number of nitrogens with zero attached hydrogens (tertiary/aromatic N) is 2. The van der Waals surface area contributed by atoms with Gasteiger partial charge in [-0.25, -0.2) is 0 Å². The van der Waals surface area contributed by atoms with Crippen LogP contribution in [0.15, 0.2) is 54.7 Å². The standard InChI is InChI=1S/C21H15ClN4O3/c1-29-19-9-16(20(24)27)18(8-15(19)17-7-6-14(22)11-25-17)26-21(28)13-4-2-12(10-23)3-5-13/h2-9,11H,1H3,(H2,24,27)(H,26,28). The molecule has 0 spiro atoms. The van der Waals surface area contributed by atoms with Crippen molar-refractivity contribution < 1.29 is 14.3 Å². The number of pyridine rings is 1. The Morgan fingerprint density at radius 3 is 2.45 bits per heavy atom. The van der Waals surface area contributed by atoms with Crippen LogP contribution in [0.3, 0.4) is 0 Å². The molecular weight excluding hydrogens is 392 g/mol. The van der Waals surface area contributed by atoms with Gasteiger partial charge in [-0.1, -0.05) is 11.6 Å². The van der Waals surface area contributed by atoms with Crippen molar-refractivity contribution in [1.82, 2.24) is 4.98 Å². The molecule has 0 atom stereocenters. The van der Waals surface area contributed by atoms with E-state index in [9.17, 15) is 9.59 Å². The number of nitrogens with one attached hydrogen (secondary N) is 1. The van der Waals surface area contributed by atoms with E-state index in [1.807, 2.05) is 6.07 Å². The molecule has 144 valence electrons. The molecule has 3 N–H and O–H groups in total. The third-order valence-electron chi connectivity index (χ3n) is 4.13. The van der Waals surface area contributed by atoms with E-state index in [0.29, 0.717) is 33.2 Å². The molecule has 29 heavy (non-hydrogen) atoms. The number of benzene rings is 2. The van der Waals surface area contributed by atoms with E-state index in [1.54, 1.807) is 18.2 Å². The zero-order valence-corrected chi connectivity index (χ0v) is 16.0. The lowest BCUT2D eigenvalue weighted by molar-refractivity contribution is 0.100. The molecule has 3 aromatic rings. The summed E-state index contributed by atoms with van der Waals surface area (Å²) >= 11 is 5.90. The van der Waals surface area contributed by atoms with Gasteiger partial charge in [0.15, 0.2) is 0 Å².